The third kappa shape index (κ3) is 4.31. The molecule has 1 aromatic carbocycles. The van der Waals surface area contributed by atoms with Crippen molar-refractivity contribution in [2.75, 3.05) is 13.4 Å². The highest BCUT2D eigenvalue weighted by molar-refractivity contribution is 7.09. The van der Waals surface area contributed by atoms with Crippen molar-refractivity contribution in [2.45, 2.75) is 45.2 Å². The van der Waals surface area contributed by atoms with Gasteiger partial charge in [0, 0.05) is 41.7 Å². The predicted molar refractivity (Wildman–Crippen MR) is 113 cm³/mol. The van der Waals surface area contributed by atoms with Gasteiger partial charge in [0.25, 0.3) is 0 Å². The molecule has 1 aliphatic carbocycles. The molecule has 0 bridgehead atoms. The van der Waals surface area contributed by atoms with Gasteiger partial charge in [-0.3, -0.25) is 0 Å². The molecule has 0 spiro atoms. The summed E-state index contributed by atoms with van der Waals surface area (Å²) in [6.45, 7) is 2.41. The van der Waals surface area contributed by atoms with Crippen molar-refractivity contribution in [1.29, 1.82) is 0 Å². The van der Waals surface area contributed by atoms with Gasteiger partial charge in [-0.05, 0) is 30.9 Å². The first kappa shape index (κ1) is 18.6. The number of hydrogen-bond donors (Lipinski definition) is 1. The van der Waals surface area contributed by atoms with Crippen LogP contribution < -0.4 is 19.5 Å². The van der Waals surface area contributed by atoms with E-state index in [1.54, 1.807) is 11.3 Å². The van der Waals surface area contributed by atoms with Gasteiger partial charge in [-0.2, -0.15) is 0 Å². The summed E-state index contributed by atoms with van der Waals surface area (Å²) in [6.07, 6.45) is 8.31. The monoisotopic (exact) mass is 411 g/mol. The van der Waals surface area contributed by atoms with Crippen LogP contribution in [0.4, 0.5) is 0 Å². The molecule has 3 aromatic rings. The Labute approximate surface area is 174 Å². The molecule has 0 atom stereocenters. The second-order valence-electron chi connectivity index (χ2n) is 7.70. The van der Waals surface area contributed by atoms with Crippen LogP contribution in [-0.2, 0) is 13.1 Å². The first-order valence-corrected chi connectivity index (χ1v) is 11.2. The highest BCUT2D eigenvalue weighted by Crippen LogP contribution is 2.37. The van der Waals surface area contributed by atoms with Crippen molar-refractivity contribution >= 4 is 22.2 Å². The van der Waals surface area contributed by atoms with Crippen LogP contribution in [0.5, 0.6) is 17.4 Å². The van der Waals surface area contributed by atoms with Crippen LogP contribution in [0, 0.1) is 5.92 Å². The van der Waals surface area contributed by atoms with Gasteiger partial charge in [0.15, 0.2) is 11.5 Å². The van der Waals surface area contributed by atoms with E-state index in [-0.39, 0.29) is 6.79 Å². The average molecular weight is 412 g/mol. The highest BCUT2D eigenvalue weighted by atomic mass is 32.1. The van der Waals surface area contributed by atoms with E-state index in [0.717, 1.165) is 46.1 Å². The van der Waals surface area contributed by atoms with E-state index >= 15 is 0 Å². The van der Waals surface area contributed by atoms with Crippen molar-refractivity contribution in [3.8, 4) is 17.4 Å². The molecule has 0 amide bonds. The van der Waals surface area contributed by atoms with Gasteiger partial charge >= 0.3 is 0 Å². The van der Waals surface area contributed by atoms with Crippen molar-refractivity contribution in [1.82, 2.24) is 15.3 Å². The lowest BCUT2D eigenvalue weighted by Crippen LogP contribution is -2.18. The van der Waals surface area contributed by atoms with E-state index in [9.17, 15) is 0 Å². The number of pyridine rings is 1. The minimum atomic E-state index is 0.263. The standard InChI is InChI=1S/C22H25N3O3S/c1-2-4-15(5-3-1)13-26-22-17(11-23-12-21-24-6-7-29-21)8-16-9-19-20(28-14-27-19)10-18(16)25-22/h6-10,15,23H,1-5,11-14H2. The smallest absolute Gasteiger partial charge is 0.231 e. The molecular formula is C22H25N3O3S. The second-order valence-corrected chi connectivity index (χ2v) is 8.67. The number of aromatic nitrogens is 2. The molecule has 1 N–H and O–H groups in total. The van der Waals surface area contributed by atoms with Crippen LogP contribution in [0.1, 0.15) is 42.7 Å². The van der Waals surface area contributed by atoms with Gasteiger partial charge in [0.2, 0.25) is 12.7 Å². The fourth-order valence-electron chi connectivity index (χ4n) is 4.04. The van der Waals surface area contributed by atoms with Gasteiger partial charge < -0.3 is 19.5 Å². The predicted octanol–water partition coefficient (Wildman–Crippen LogP) is 4.67. The lowest BCUT2D eigenvalue weighted by atomic mass is 9.90. The molecule has 2 aromatic heterocycles. The normalized spacial score (nSPS) is 16.4. The second kappa shape index (κ2) is 8.55. The molecular weight excluding hydrogens is 386 g/mol. The number of ether oxygens (including phenoxy) is 3. The molecule has 1 aliphatic heterocycles. The third-order valence-corrected chi connectivity index (χ3v) is 6.38. The zero-order chi connectivity index (χ0) is 19.5. The van der Waals surface area contributed by atoms with Crippen LogP contribution in [0.25, 0.3) is 10.9 Å². The number of fused-ring (bicyclic) bond motifs is 2. The van der Waals surface area contributed by atoms with E-state index in [1.807, 2.05) is 23.7 Å². The Kier molecular flexibility index (Phi) is 5.49. The molecule has 29 heavy (non-hydrogen) atoms. The lowest BCUT2D eigenvalue weighted by molar-refractivity contribution is 0.174. The molecule has 3 heterocycles. The summed E-state index contributed by atoms with van der Waals surface area (Å²) in [4.78, 5) is 9.18. The number of hydrogen-bond acceptors (Lipinski definition) is 7. The minimum Gasteiger partial charge on any atom is -0.477 e. The topological polar surface area (TPSA) is 65.5 Å². The first-order chi connectivity index (χ1) is 14.3. The SMILES string of the molecule is c1csc(CNCc2cc3cc4c(cc3nc2OCC2CCCCC2)OCO4)n1. The van der Waals surface area contributed by atoms with Crippen LogP contribution in [0.2, 0.25) is 0 Å². The molecule has 0 saturated heterocycles. The number of rotatable bonds is 7. The van der Waals surface area contributed by atoms with Crippen LogP contribution >= 0.6 is 11.3 Å². The van der Waals surface area contributed by atoms with Crippen molar-refractivity contribution in [3.05, 3.63) is 40.3 Å². The van der Waals surface area contributed by atoms with E-state index in [4.69, 9.17) is 19.2 Å². The molecule has 0 radical (unpaired) electrons. The number of thiazole rings is 1. The van der Waals surface area contributed by atoms with E-state index in [2.05, 4.69) is 16.4 Å². The van der Waals surface area contributed by atoms with E-state index in [1.165, 1.54) is 32.1 Å². The molecule has 5 rings (SSSR count). The van der Waals surface area contributed by atoms with Crippen molar-refractivity contribution < 1.29 is 14.2 Å². The van der Waals surface area contributed by atoms with Crippen molar-refractivity contribution in [2.24, 2.45) is 5.92 Å². The molecule has 1 saturated carbocycles. The Balaban J connectivity index is 1.38. The summed E-state index contributed by atoms with van der Waals surface area (Å²) >= 11 is 1.66. The largest absolute Gasteiger partial charge is 0.477 e. The fourth-order valence-corrected chi connectivity index (χ4v) is 4.62. The summed E-state index contributed by atoms with van der Waals surface area (Å²) in [5.74, 6) is 2.87. The Hall–Kier alpha value is -2.38. The molecule has 6 nitrogen and oxygen atoms in total. The molecule has 152 valence electrons. The van der Waals surface area contributed by atoms with E-state index in [0.29, 0.717) is 18.3 Å². The summed E-state index contributed by atoms with van der Waals surface area (Å²) < 4.78 is 17.3. The molecule has 7 heteroatoms. The number of benzene rings is 1. The van der Waals surface area contributed by atoms with Gasteiger partial charge in [-0.25, -0.2) is 9.97 Å². The lowest BCUT2D eigenvalue weighted by Gasteiger charge is -2.22. The number of nitrogens with one attached hydrogen (secondary N) is 1. The van der Waals surface area contributed by atoms with Gasteiger partial charge in [0.1, 0.15) is 5.01 Å². The zero-order valence-electron chi connectivity index (χ0n) is 16.4. The van der Waals surface area contributed by atoms with Gasteiger partial charge in [-0.1, -0.05) is 19.3 Å². The van der Waals surface area contributed by atoms with E-state index < -0.39 is 0 Å². The summed E-state index contributed by atoms with van der Waals surface area (Å²) in [5.41, 5.74) is 1.93. The number of nitrogens with zero attached hydrogens (tertiary/aromatic N) is 2. The van der Waals surface area contributed by atoms with Crippen molar-refractivity contribution in [3.63, 3.8) is 0 Å². The Morgan fingerprint density at radius 1 is 1.07 bits per heavy atom. The maximum Gasteiger partial charge on any atom is 0.231 e. The maximum atomic E-state index is 6.26. The highest BCUT2D eigenvalue weighted by Gasteiger charge is 2.19. The maximum absolute atomic E-state index is 6.26. The molecule has 2 aliphatic rings. The summed E-state index contributed by atoms with van der Waals surface area (Å²) in [6, 6.07) is 6.09. The average Bonchev–Trinajstić information content (AvgIpc) is 3.43. The summed E-state index contributed by atoms with van der Waals surface area (Å²) in [5, 5.41) is 7.58. The first-order valence-electron chi connectivity index (χ1n) is 10.3. The van der Waals surface area contributed by atoms with Gasteiger partial charge in [-0.15, -0.1) is 11.3 Å². The Morgan fingerprint density at radius 3 is 2.76 bits per heavy atom. The van der Waals surface area contributed by atoms with Crippen LogP contribution in [0.3, 0.4) is 0 Å². The Morgan fingerprint density at radius 2 is 1.93 bits per heavy atom. The molecule has 1 fully saturated rings. The minimum absolute atomic E-state index is 0.263. The fraction of sp³-hybridized carbons (Fsp3) is 0.455. The van der Waals surface area contributed by atoms with Crippen LogP contribution in [-0.4, -0.2) is 23.4 Å². The third-order valence-electron chi connectivity index (χ3n) is 5.60. The Bertz CT molecular complexity index is 971. The summed E-state index contributed by atoms with van der Waals surface area (Å²) in [7, 11) is 0. The van der Waals surface area contributed by atoms with Gasteiger partial charge in [0.05, 0.1) is 12.1 Å². The van der Waals surface area contributed by atoms with Crippen LogP contribution in [0.15, 0.2) is 29.8 Å². The molecule has 0 unspecified atom stereocenters. The zero-order valence-corrected chi connectivity index (χ0v) is 17.2. The quantitative estimate of drug-likeness (QED) is 0.610.